The van der Waals surface area contributed by atoms with Gasteiger partial charge in [-0.3, -0.25) is 0 Å². The molecule has 0 radical (unpaired) electrons. The summed E-state index contributed by atoms with van der Waals surface area (Å²) in [5.74, 6) is 3.14. The highest BCUT2D eigenvalue weighted by atomic mass is 16.5. The van der Waals surface area contributed by atoms with Crippen molar-refractivity contribution in [2.75, 3.05) is 19.0 Å². The van der Waals surface area contributed by atoms with Gasteiger partial charge in [0, 0.05) is 6.54 Å². The third kappa shape index (κ3) is 2.92. The Labute approximate surface area is 109 Å². The van der Waals surface area contributed by atoms with E-state index in [9.17, 15) is 0 Å². The number of anilines is 1. The second kappa shape index (κ2) is 6.03. The van der Waals surface area contributed by atoms with E-state index >= 15 is 0 Å². The molecule has 1 aliphatic rings. The van der Waals surface area contributed by atoms with Crippen LogP contribution in [0.15, 0.2) is 6.33 Å². The first-order valence-electron chi connectivity index (χ1n) is 6.81. The molecule has 0 spiro atoms. The molecule has 1 heterocycles. The van der Waals surface area contributed by atoms with Crippen molar-refractivity contribution in [2.45, 2.75) is 39.5 Å². The van der Waals surface area contributed by atoms with Gasteiger partial charge in [0.25, 0.3) is 0 Å². The molecular formula is C14H23N3O. The van der Waals surface area contributed by atoms with Gasteiger partial charge < -0.3 is 10.1 Å². The van der Waals surface area contributed by atoms with E-state index in [1.54, 1.807) is 13.4 Å². The van der Waals surface area contributed by atoms with Crippen molar-refractivity contribution < 1.29 is 4.74 Å². The summed E-state index contributed by atoms with van der Waals surface area (Å²) in [5.41, 5.74) is 0.989. The summed E-state index contributed by atoms with van der Waals surface area (Å²) in [6, 6.07) is 0. The van der Waals surface area contributed by atoms with Gasteiger partial charge >= 0.3 is 0 Å². The zero-order chi connectivity index (χ0) is 13.0. The normalized spacial score (nSPS) is 23.7. The number of nitrogens with one attached hydrogen (secondary N) is 1. The van der Waals surface area contributed by atoms with Crippen LogP contribution in [0.1, 0.15) is 38.2 Å². The third-order valence-corrected chi connectivity index (χ3v) is 4.05. The Kier molecular flexibility index (Phi) is 4.39. The van der Waals surface area contributed by atoms with Gasteiger partial charge in [-0.25, -0.2) is 9.97 Å². The van der Waals surface area contributed by atoms with Gasteiger partial charge in [0.15, 0.2) is 0 Å². The molecule has 0 bridgehead atoms. The lowest BCUT2D eigenvalue weighted by Crippen LogP contribution is -2.25. The molecular weight excluding hydrogens is 226 g/mol. The first kappa shape index (κ1) is 13.1. The highest BCUT2D eigenvalue weighted by Crippen LogP contribution is 2.30. The van der Waals surface area contributed by atoms with Crippen molar-refractivity contribution in [3.63, 3.8) is 0 Å². The van der Waals surface area contributed by atoms with Crippen molar-refractivity contribution in [1.82, 2.24) is 9.97 Å². The molecule has 18 heavy (non-hydrogen) atoms. The largest absolute Gasteiger partial charge is 0.481 e. The summed E-state index contributed by atoms with van der Waals surface area (Å²) in [6.45, 7) is 5.35. The maximum atomic E-state index is 5.21. The van der Waals surface area contributed by atoms with Gasteiger partial charge in [-0.1, -0.05) is 26.2 Å². The summed E-state index contributed by atoms with van der Waals surface area (Å²) < 4.78 is 5.21. The Balaban J connectivity index is 1.97. The van der Waals surface area contributed by atoms with Crippen LogP contribution in [-0.2, 0) is 0 Å². The zero-order valence-electron chi connectivity index (χ0n) is 11.6. The first-order chi connectivity index (χ1) is 8.72. The van der Waals surface area contributed by atoms with Crippen molar-refractivity contribution in [3.8, 4) is 5.88 Å². The topological polar surface area (TPSA) is 47.0 Å². The van der Waals surface area contributed by atoms with Crippen LogP contribution in [0.4, 0.5) is 5.82 Å². The number of aromatic nitrogens is 2. The van der Waals surface area contributed by atoms with E-state index in [-0.39, 0.29) is 0 Å². The lowest BCUT2D eigenvalue weighted by Gasteiger charge is -2.29. The molecule has 0 saturated heterocycles. The van der Waals surface area contributed by atoms with Crippen LogP contribution in [0.25, 0.3) is 0 Å². The van der Waals surface area contributed by atoms with Crippen LogP contribution in [0.2, 0.25) is 0 Å². The lowest BCUT2D eigenvalue weighted by molar-refractivity contribution is 0.268. The molecule has 1 N–H and O–H groups in total. The van der Waals surface area contributed by atoms with Gasteiger partial charge in [0.1, 0.15) is 12.1 Å². The molecule has 100 valence electrons. The summed E-state index contributed by atoms with van der Waals surface area (Å²) in [6.07, 6.45) is 6.99. The third-order valence-electron chi connectivity index (χ3n) is 4.05. The van der Waals surface area contributed by atoms with Crippen LogP contribution in [0, 0.1) is 18.8 Å². The molecule has 1 aliphatic carbocycles. The minimum Gasteiger partial charge on any atom is -0.481 e. The predicted octanol–water partition coefficient (Wildman–Crippen LogP) is 3.03. The molecule has 1 aromatic rings. The quantitative estimate of drug-likeness (QED) is 0.891. The maximum Gasteiger partial charge on any atom is 0.221 e. The second-order valence-corrected chi connectivity index (χ2v) is 5.26. The van der Waals surface area contributed by atoms with E-state index in [1.165, 1.54) is 25.7 Å². The van der Waals surface area contributed by atoms with Gasteiger partial charge in [-0.2, -0.15) is 0 Å². The molecule has 2 atom stereocenters. The number of methoxy groups -OCH3 is 1. The molecule has 0 aromatic carbocycles. The summed E-state index contributed by atoms with van der Waals surface area (Å²) in [7, 11) is 1.64. The maximum absolute atomic E-state index is 5.21. The predicted molar refractivity (Wildman–Crippen MR) is 72.9 cm³/mol. The van der Waals surface area contributed by atoms with E-state index in [0.717, 1.165) is 29.8 Å². The van der Waals surface area contributed by atoms with Crippen LogP contribution in [-0.4, -0.2) is 23.6 Å². The van der Waals surface area contributed by atoms with Crippen molar-refractivity contribution in [1.29, 1.82) is 0 Å². The van der Waals surface area contributed by atoms with Gasteiger partial charge in [-0.15, -0.1) is 0 Å². The Morgan fingerprint density at radius 3 is 2.83 bits per heavy atom. The van der Waals surface area contributed by atoms with Gasteiger partial charge in [0.05, 0.1) is 12.7 Å². The molecule has 0 aliphatic heterocycles. The average Bonchev–Trinajstić information content (AvgIpc) is 2.39. The number of ether oxygens (including phenoxy) is 1. The van der Waals surface area contributed by atoms with E-state index in [1.807, 2.05) is 6.92 Å². The van der Waals surface area contributed by atoms with Crippen LogP contribution in [0.3, 0.4) is 0 Å². The number of hydrogen-bond acceptors (Lipinski definition) is 4. The Morgan fingerprint density at radius 1 is 1.33 bits per heavy atom. The molecule has 1 aromatic heterocycles. The molecule has 4 heteroatoms. The minimum absolute atomic E-state index is 0.657. The van der Waals surface area contributed by atoms with Crippen molar-refractivity contribution >= 4 is 5.82 Å². The lowest BCUT2D eigenvalue weighted by atomic mass is 9.80. The summed E-state index contributed by atoms with van der Waals surface area (Å²) >= 11 is 0. The van der Waals surface area contributed by atoms with E-state index < -0.39 is 0 Å². The first-order valence-corrected chi connectivity index (χ1v) is 6.81. The Hall–Kier alpha value is -1.32. The van der Waals surface area contributed by atoms with Crippen molar-refractivity contribution in [2.24, 2.45) is 11.8 Å². The highest BCUT2D eigenvalue weighted by molar-refractivity contribution is 5.47. The molecule has 1 saturated carbocycles. The fraction of sp³-hybridized carbons (Fsp3) is 0.714. The molecule has 4 nitrogen and oxygen atoms in total. The Bertz CT molecular complexity index is 395. The molecule has 1 fully saturated rings. The second-order valence-electron chi connectivity index (χ2n) is 5.26. The number of rotatable bonds is 4. The van der Waals surface area contributed by atoms with E-state index in [2.05, 4.69) is 22.2 Å². The SMILES string of the molecule is COc1ncnc(NCC2CCCCC2C)c1C. The fourth-order valence-electron chi connectivity index (χ4n) is 2.74. The standard InChI is InChI=1S/C14H23N3O/c1-10-6-4-5-7-12(10)8-15-13-11(2)14(18-3)17-9-16-13/h9-10,12H,4-8H2,1-3H3,(H,15,16,17). The average molecular weight is 249 g/mol. The molecule has 0 amide bonds. The fourth-order valence-corrected chi connectivity index (χ4v) is 2.74. The number of nitrogens with zero attached hydrogens (tertiary/aromatic N) is 2. The van der Waals surface area contributed by atoms with Crippen molar-refractivity contribution in [3.05, 3.63) is 11.9 Å². The smallest absolute Gasteiger partial charge is 0.221 e. The number of hydrogen-bond donors (Lipinski definition) is 1. The van der Waals surface area contributed by atoms with E-state index in [4.69, 9.17) is 4.74 Å². The molecule has 2 rings (SSSR count). The molecule has 2 unspecified atom stereocenters. The van der Waals surface area contributed by atoms with Crippen LogP contribution >= 0.6 is 0 Å². The van der Waals surface area contributed by atoms with Crippen LogP contribution < -0.4 is 10.1 Å². The monoisotopic (exact) mass is 249 g/mol. The highest BCUT2D eigenvalue weighted by Gasteiger charge is 2.21. The van der Waals surface area contributed by atoms with Crippen LogP contribution in [0.5, 0.6) is 5.88 Å². The zero-order valence-corrected chi connectivity index (χ0v) is 11.6. The minimum atomic E-state index is 0.657. The summed E-state index contributed by atoms with van der Waals surface area (Å²) in [4.78, 5) is 8.39. The van der Waals surface area contributed by atoms with Gasteiger partial charge in [0.2, 0.25) is 5.88 Å². The van der Waals surface area contributed by atoms with E-state index in [0.29, 0.717) is 5.88 Å². The Morgan fingerprint density at radius 2 is 2.11 bits per heavy atom. The van der Waals surface area contributed by atoms with Gasteiger partial charge in [-0.05, 0) is 25.2 Å². The summed E-state index contributed by atoms with van der Waals surface area (Å²) in [5, 5.41) is 3.46.